The minimum atomic E-state index is -4.59. The van der Waals surface area contributed by atoms with E-state index < -0.39 is 17.6 Å². The van der Waals surface area contributed by atoms with E-state index in [0.29, 0.717) is 28.0 Å². The van der Waals surface area contributed by atoms with Gasteiger partial charge in [-0.2, -0.15) is 18.3 Å². The average molecular weight is 497 g/mol. The molecule has 0 radical (unpaired) electrons. The number of hydrogen-bond acceptors (Lipinski definition) is 4. The van der Waals surface area contributed by atoms with Gasteiger partial charge in [-0.3, -0.25) is 9.78 Å². The maximum Gasteiger partial charge on any atom is 0.416 e. The van der Waals surface area contributed by atoms with Crippen molar-refractivity contribution >= 4 is 17.2 Å². The Morgan fingerprint density at radius 2 is 1.76 bits per heavy atom. The van der Waals surface area contributed by atoms with Crippen LogP contribution in [-0.4, -0.2) is 25.5 Å². The molecule has 182 valence electrons. The molecule has 0 aliphatic carbocycles. The molecule has 0 aliphatic heterocycles. The second-order valence-electron chi connectivity index (χ2n) is 8.22. The molecule has 0 unspecified atom stereocenters. The van der Waals surface area contributed by atoms with Crippen LogP contribution in [0.2, 0.25) is 0 Å². The number of imidazole rings is 1. The number of hydrogen-bond donors (Lipinski definition) is 1. The highest BCUT2D eigenvalue weighted by molar-refractivity contribution is 6.06. The van der Waals surface area contributed by atoms with Crippen molar-refractivity contribution in [1.82, 2.24) is 19.6 Å². The number of carbonyl (C=O) groups is 1. The molecule has 0 saturated heterocycles. The summed E-state index contributed by atoms with van der Waals surface area (Å²) in [6.45, 7) is 1.86. The minimum absolute atomic E-state index is 0.0112. The molecule has 3 heterocycles. The number of amides is 1. The molecule has 0 spiro atoms. The van der Waals surface area contributed by atoms with Crippen molar-refractivity contribution in [2.45, 2.75) is 13.1 Å². The van der Waals surface area contributed by atoms with Gasteiger partial charge in [-0.25, -0.2) is 9.50 Å². The first-order valence-electron chi connectivity index (χ1n) is 11.1. The Kier molecular flexibility index (Phi) is 6.15. The SMILES string of the molecule is Cc1ccc(C(=O)Nc2cc(-c3ccncc3)cc(C(F)(F)F)c2)c(C#Cc2cnc3cccnn23)c1. The summed E-state index contributed by atoms with van der Waals surface area (Å²) in [7, 11) is 0. The van der Waals surface area contributed by atoms with E-state index in [0.717, 1.165) is 17.7 Å². The zero-order valence-corrected chi connectivity index (χ0v) is 19.4. The normalized spacial score (nSPS) is 11.1. The Morgan fingerprint density at radius 3 is 2.54 bits per heavy atom. The van der Waals surface area contributed by atoms with Crippen LogP contribution in [0.5, 0.6) is 0 Å². The summed E-state index contributed by atoms with van der Waals surface area (Å²) in [4.78, 5) is 21.4. The third-order valence-electron chi connectivity index (χ3n) is 5.55. The lowest BCUT2D eigenvalue weighted by atomic mass is 10.0. The van der Waals surface area contributed by atoms with Gasteiger partial charge in [-0.05, 0) is 84.1 Å². The lowest BCUT2D eigenvalue weighted by molar-refractivity contribution is -0.137. The fraction of sp³-hybridized carbons (Fsp3) is 0.0714. The Morgan fingerprint density at radius 1 is 0.946 bits per heavy atom. The summed E-state index contributed by atoms with van der Waals surface area (Å²) < 4.78 is 42.4. The largest absolute Gasteiger partial charge is 0.416 e. The van der Waals surface area contributed by atoms with Crippen molar-refractivity contribution in [1.29, 1.82) is 0 Å². The van der Waals surface area contributed by atoms with Crippen LogP contribution < -0.4 is 5.32 Å². The van der Waals surface area contributed by atoms with Crippen LogP contribution in [0.15, 0.2) is 85.5 Å². The standard InChI is InChI=1S/C28H18F3N5O/c1-18-4-7-25(20(13-18)5-6-24-17-33-26-3-2-10-34-36(24)26)27(37)35-23-15-21(19-8-11-32-12-9-19)14-22(16-23)28(29,30)31/h2-4,7-17H,1H3,(H,35,37). The van der Waals surface area contributed by atoms with E-state index in [2.05, 4.69) is 32.2 Å². The number of aryl methyl sites for hydroxylation is 1. The number of pyridine rings is 1. The van der Waals surface area contributed by atoms with Crippen molar-refractivity contribution in [3.63, 3.8) is 0 Å². The number of aromatic nitrogens is 4. The maximum absolute atomic E-state index is 13.6. The predicted molar refractivity (Wildman–Crippen MR) is 133 cm³/mol. The number of nitrogens with one attached hydrogen (secondary N) is 1. The summed E-state index contributed by atoms with van der Waals surface area (Å²) in [5.41, 5.74) is 2.66. The Balaban J connectivity index is 1.50. The number of alkyl halides is 3. The Hall–Kier alpha value is -4.97. The molecule has 6 nitrogen and oxygen atoms in total. The lowest BCUT2D eigenvalue weighted by Crippen LogP contribution is -2.15. The van der Waals surface area contributed by atoms with Crippen LogP contribution in [-0.2, 0) is 6.18 Å². The zero-order chi connectivity index (χ0) is 26.0. The van der Waals surface area contributed by atoms with Crippen LogP contribution >= 0.6 is 0 Å². The topological polar surface area (TPSA) is 72.2 Å². The first-order valence-corrected chi connectivity index (χ1v) is 11.1. The van der Waals surface area contributed by atoms with E-state index in [-0.39, 0.29) is 11.3 Å². The molecule has 3 aromatic heterocycles. The van der Waals surface area contributed by atoms with Gasteiger partial charge in [0.05, 0.1) is 17.3 Å². The molecule has 0 bridgehead atoms. The van der Waals surface area contributed by atoms with Gasteiger partial charge >= 0.3 is 6.18 Å². The molecule has 5 aromatic rings. The Labute approximate surface area is 209 Å². The highest BCUT2D eigenvalue weighted by atomic mass is 19.4. The van der Waals surface area contributed by atoms with Crippen molar-refractivity contribution < 1.29 is 18.0 Å². The highest BCUT2D eigenvalue weighted by Gasteiger charge is 2.31. The Bertz CT molecular complexity index is 1680. The first-order chi connectivity index (χ1) is 17.8. The monoisotopic (exact) mass is 497 g/mol. The summed E-state index contributed by atoms with van der Waals surface area (Å²) in [5, 5.41) is 6.83. The van der Waals surface area contributed by atoms with Crippen LogP contribution in [0.4, 0.5) is 18.9 Å². The summed E-state index contributed by atoms with van der Waals surface area (Å²) in [6, 6.07) is 15.3. The quantitative estimate of drug-likeness (QED) is 0.321. The third-order valence-corrected chi connectivity index (χ3v) is 5.55. The van der Waals surface area contributed by atoms with Crippen molar-refractivity contribution in [3.8, 4) is 23.0 Å². The molecule has 5 rings (SSSR count). The molecular weight excluding hydrogens is 479 g/mol. The summed E-state index contributed by atoms with van der Waals surface area (Å²) in [6.07, 6.45) is 1.58. The van der Waals surface area contributed by atoms with Crippen LogP contribution in [0.3, 0.4) is 0 Å². The van der Waals surface area contributed by atoms with E-state index in [9.17, 15) is 18.0 Å². The maximum atomic E-state index is 13.6. The van der Waals surface area contributed by atoms with Gasteiger partial charge < -0.3 is 5.32 Å². The molecule has 2 aromatic carbocycles. The smallest absolute Gasteiger partial charge is 0.322 e. The second-order valence-corrected chi connectivity index (χ2v) is 8.22. The fourth-order valence-corrected chi connectivity index (χ4v) is 3.78. The average Bonchev–Trinajstić information content (AvgIpc) is 3.30. The van der Waals surface area contributed by atoms with Gasteiger partial charge in [0, 0.05) is 29.8 Å². The van der Waals surface area contributed by atoms with E-state index >= 15 is 0 Å². The number of fused-ring (bicyclic) bond motifs is 1. The molecule has 0 aliphatic rings. The number of halogens is 3. The predicted octanol–water partition coefficient (Wildman–Crippen LogP) is 5.77. The van der Waals surface area contributed by atoms with E-state index in [1.807, 2.05) is 6.92 Å². The summed E-state index contributed by atoms with van der Waals surface area (Å²) in [5.74, 6) is 5.39. The first kappa shape index (κ1) is 23.8. The van der Waals surface area contributed by atoms with Gasteiger partial charge in [0.15, 0.2) is 5.65 Å². The molecule has 1 amide bonds. The molecule has 0 fully saturated rings. The number of carbonyl (C=O) groups excluding carboxylic acids is 1. The molecule has 0 saturated carbocycles. The fourth-order valence-electron chi connectivity index (χ4n) is 3.78. The molecule has 37 heavy (non-hydrogen) atoms. The molecular formula is C28H18F3N5O. The molecule has 0 atom stereocenters. The van der Waals surface area contributed by atoms with Gasteiger partial charge in [0.1, 0.15) is 5.69 Å². The van der Waals surface area contributed by atoms with Gasteiger partial charge in [0.25, 0.3) is 5.91 Å². The van der Waals surface area contributed by atoms with Crippen LogP contribution in [0.25, 0.3) is 16.8 Å². The van der Waals surface area contributed by atoms with Gasteiger partial charge in [0.2, 0.25) is 0 Å². The van der Waals surface area contributed by atoms with Crippen molar-refractivity contribution in [2.24, 2.45) is 0 Å². The van der Waals surface area contributed by atoms with Crippen molar-refractivity contribution in [3.05, 3.63) is 113 Å². The van der Waals surface area contributed by atoms with Crippen molar-refractivity contribution in [2.75, 3.05) is 5.32 Å². The lowest BCUT2D eigenvalue weighted by Gasteiger charge is -2.14. The zero-order valence-electron chi connectivity index (χ0n) is 19.4. The molecule has 1 N–H and O–H groups in total. The number of benzene rings is 2. The summed E-state index contributed by atoms with van der Waals surface area (Å²) >= 11 is 0. The van der Waals surface area contributed by atoms with E-state index in [4.69, 9.17) is 0 Å². The van der Waals surface area contributed by atoms with Crippen LogP contribution in [0, 0.1) is 18.8 Å². The van der Waals surface area contributed by atoms with Crippen LogP contribution in [0.1, 0.15) is 32.7 Å². The van der Waals surface area contributed by atoms with Gasteiger partial charge in [-0.15, -0.1) is 0 Å². The number of nitrogens with zero attached hydrogens (tertiary/aromatic N) is 4. The third kappa shape index (κ3) is 5.18. The highest BCUT2D eigenvalue weighted by Crippen LogP contribution is 2.35. The molecule has 9 heteroatoms. The number of rotatable bonds is 3. The van der Waals surface area contributed by atoms with Gasteiger partial charge in [-0.1, -0.05) is 12.0 Å². The number of anilines is 1. The second kappa shape index (κ2) is 9.59. The van der Waals surface area contributed by atoms with E-state index in [1.54, 1.807) is 59.4 Å². The minimum Gasteiger partial charge on any atom is -0.322 e. The van der Waals surface area contributed by atoms with E-state index in [1.165, 1.54) is 18.5 Å².